The van der Waals surface area contributed by atoms with Gasteiger partial charge in [0.05, 0.1) is 0 Å². The number of hydrogen-bond acceptors (Lipinski definition) is 5. The third-order valence-electron chi connectivity index (χ3n) is 3.48. The lowest BCUT2D eigenvalue weighted by molar-refractivity contribution is -0.139. The summed E-state index contributed by atoms with van der Waals surface area (Å²) in [5, 5.41) is 0. The largest absolute Gasteiger partial charge is 0.461 e. The third-order valence-corrected chi connectivity index (χ3v) is 3.48. The van der Waals surface area contributed by atoms with Crippen molar-refractivity contribution in [1.82, 2.24) is 0 Å². The zero-order valence-electron chi connectivity index (χ0n) is 15.9. The van der Waals surface area contributed by atoms with Crippen LogP contribution in [0.15, 0.2) is 76.7 Å². The lowest BCUT2D eigenvalue weighted by Crippen LogP contribution is -2.23. The van der Waals surface area contributed by atoms with Crippen molar-refractivity contribution in [2.45, 2.75) is 6.92 Å². The van der Waals surface area contributed by atoms with Crippen molar-refractivity contribution in [3.05, 3.63) is 66.7 Å². The van der Waals surface area contributed by atoms with E-state index in [0.717, 1.165) is 11.1 Å². The van der Waals surface area contributed by atoms with Gasteiger partial charge in [-0.3, -0.25) is 0 Å². The Kier molecular flexibility index (Phi) is 7.77. The van der Waals surface area contributed by atoms with Crippen molar-refractivity contribution < 1.29 is 19.0 Å². The van der Waals surface area contributed by atoms with Crippen LogP contribution in [-0.2, 0) is 14.3 Å². The van der Waals surface area contributed by atoms with Gasteiger partial charge in [0.25, 0.3) is 6.02 Å². The summed E-state index contributed by atoms with van der Waals surface area (Å²) in [6.07, 6.45) is 0. The summed E-state index contributed by atoms with van der Waals surface area (Å²) in [5.41, 5.74) is 8.18. The Morgan fingerprint density at radius 3 is 2.21 bits per heavy atom. The molecular formula is C21H23N3O4. The molecule has 146 valence electrons. The van der Waals surface area contributed by atoms with Crippen LogP contribution >= 0.6 is 0 Å². The molecule has 0 aromatic heterocycles. The number of amidine groups is 2. The first kappa shape index (κ1) is 20.7. The molecule has 2 N–H and O–H groups in total. The fourth-order valence-corrected chi connectivity index (χ4v) is 2.10. The number of carbonyl (C=O) groups is 1. The smallest absolute Gasteiger partial charge is 0.333 e. The molecule has 0 aliphatic heterocycles. The van der Waals surface area contributed by atoms with Crippen molar-refractivity contribution in [3.8, 4) is 16.9 Å². The Hall–Kier alpha value is -3.61. The Balaban J connectivity index is 1.88. The summed E-state index contributed by atoms with van der Waals surface area (Å²) in [6.45, 7) is 5.13. The van der Waals surface area contributed by atoms with Crippen LogP contribution in [0.3, 0.4) is 0 Å². The molecule has 0 saturated carbocycles. The second-order valence-corrected chi connectivity index (χ2v) is 5.71. The van der Waals surface area contributed by atoms with Crippen molar-refractivity contribution in [2.75, 3.05) is 20.3 Å². The van der Waals surface area contributed by atoms with Crippen LogP contribution in [0.1, 0.15) is 6.92 Å². The SMILES string of the molecule is C=C(C)C(=O)OCCO/C(N)=N/C(=NC)Oc1ccc(-c2ccccc2)cc1. The molecule has 0 atom stereocenters. The molecule has 2 aromatic rings. The number of nitrogens with two attached hydrogens (primary N) is 1. The Morgan fingerprint density at radius 1 is 1.00 bits per heavy atom. The Bertz CT molecular complexity index is 859. The number of carbonyl (C=O) groups excluding carboxylic acids is 1. The number of rotatable bonds is 6. The third kappa shape index (κ3) is 6.60. The Morgan fingerprint density at radius 2 is 1.61 bits per heavy atom. The molecule has 7 nitrogen and oxygen atoms in total. The minimum absolute atomic E-state index is 0.0301. The van der Waals surface area contributed by atoms with Gasteiger partial charge in [0, 0.05) is 12.6 Å². The molecule has 28 heavy (non-hydrogen) atoms. The molecule has 0 aliphatic carbocycles. The van der Waals surface area contributed by atoms with Gasteiger partial charge >= 0.3 is 12.0 Å². The first-order valence-corrected chi connectivity index (χ1v) is 8.59. The van der Waals surface area contributed by atoms with Crippen molar-refractivity contribution >= 4 is 18.0 Å². The molecule has 0 unspecified atom stereocenters. The molecule has 2 aromatic carbocycles. The van der Waals surface area contributed by atoms with Gasteiger partial charge in [-0.25, -0.2) is 9.79 Å². The van der Waals surface area contributed by atoms with E-state index in [1.165, 1.54) is 7.05 Å². The first-order chi connectivity index (χ1) is 13.5. The predicted molar refractivity (Wildman–Crippen MR) is 109 cm³/mol. The molecular weight excluding hydrogens is 358 g/mol. The first-order valence-electron chi connectivity index (χ1n) is 8.59. The maximum atomic E-state index is 11.3. The van der Waals surface area contributed by atoms with E-state index in [1.807, 2.05) is 54.6 Å². The fourth-order valence-electron chi connectivity index (χ4n) is 2.10. The average Bonchev–Trinajstić information content (AvgIpc) is 2.71. The minimum atomic E-state index is -0.489. The van der Waals surface area contributed by atoms with Gasteiger partial charge in [0.15, 0.2) is 0 Å². The molecule has 0 heterocycles. The monoisotopic (exact) mass is 381 g/mol. The van der Waals surface area contributed by atoms with E-state index in [2.05, 4.69) is 16.6 Å². The van der Waals surface area contributed by atoms with Crippen LogP contribution in [0, 0.1) is 0 Å². The molecule has 0 radical (unpaired) electrons. The van der Waals surface area contributed by atoms with Gasteiger partial charge in [0.1, 0.15) is 19.0 Å². The van der Waals surface area contributed by atoms with E-state index in [-0.39, 0.29) is 25.3 Å². The molecule has 0 aliphatic rings. The standard InChI is InChI=1S/C21H23N3O4/c1-15(2)19(25)26-13-14-27-20(22)24-21(23-3)28-18-11-9-17(10-12-18)16-7-5-4-6-8-16/h4-12H,1,13-14H2,2-3H3,(H2,22,23,24). The molecule has 0 saturated heterocycles. The van der Waals surface area contributed by atoms with E-state index in [9.17, 15) is 4.79 Å². The zero-order valence-corrected chi connectivity index (χ0v) is 15.9. The molecule has 0 fully saturated rings. The highest BCUT2D eigenvalue weighted by Crippen LogP contribution is 2.22. The second-order valence-electron chi connectivity index (χ2n) is 5.71. The van der Waals surface area contributed by atoms with Crippen LogP contribution in [-0.4, -0.2) is 38.3 Å². The van der Waals surface area contributed by atoms with Gasteiger partial charge in [-0.15, -0.1) is 4.99 Å². The van der Waals surface area contributed by atoms with Gasteiger partial charge in [-0.05, 0) is 30.2 Å². The van der Waals surface area contributed by atoms with E-state index >= 15 is 0 Å². The number of benzene rings is 2. The van der Waals surface area contributed by atoms with Crippen LogP contribution in [0.4, 0.5) is 0 Å². The number of ether oxygens (including phenoxy) is 3. The normalized spacial score (nSPS) is 11.6. The summed E-state index contributed by atoms with van der Waals surface area (Å²) in [7, 11) is 1.53. The molecule has 0 amide bonds. The van der Waals surface area contributed by atoms with Crippen LogP contribution in [0.2, 0.25) is 0 Å². The maximum Gasteiger partial charge on any atom is 0.333 e. The maximum absolute atomic E-state index is 11.3. The van der Waals surface area contributed by atoms with Gasteiger partial charge in [-0.2, -0.15) is 0 Å². The summed E-state index contributed by atoms with van der Waals surface area (Å²) in [4.78, 5) is 19.1. The van der Waals surface area contributed by atoms with Crippen LogP contribution < -0.4 is 10.5 Å². The number of hydrogen-bond donors (Lipinski definition) is 1. The molecule has 0 bridgehead atoms. The second kappa shape index (κ2) is 10.5. The molecule has 7 heteroatoms. The summed E-state index contributed by atoms with van der Waals surface area (Å²) in [5.74, 6) is 0.0735. The van der Waals surface area contributed by atoms with Gasteiger partial charge < -0.3 is 19.9 Å². The van der Waals surface area contributed by atoms with Gasteiger partial charge in [0.2, 0.25) is 0 Å². The molecule has 2 rings (SSSR count). The quantitative estimate of drug-likeness (QED) is 0.273. The Labute approximate surface area is 164 Å². The summed E-state index contributed by atoms with van der Waals surface area (Å²) >= 11 is 0. The summed E-state index contributed by atoms with van der Waals surface area (Å²) < 4.78 is 15.7. The lowest BCUT2D eigenvalue weighted by atomic mass is 10.1. The highest BCUT2D eigenvalue weighted by Gasteiger charge is 2.06. The predicted octanol–water partition coefficient (Wildman–Crippen LogP) is 3.17. The lowest BCUT2D eigenvalue weighted by Gasteiger charge is -2.08. The van der Waals surface area contributed by atoms with E-state index in [1.54, 1.807) is 6.92 Å². The minimum Gasteiger partial charge on any atom is -0.461 e. The fraction of sp³-hybridized carbons (Fsp3) is 0.190. The topological polar surface area (TPSA) is 95.5 Å². The zero-order chi connectivity index (χ0) is 20.4. The van der Waals surface area contributed by atoms with Gasteiger partial charge in [-0.1, -0.05) is 49.0 Å². The van der Waals surface area contributed by atoms with Crippen LogP contribution in [0.5, 0.6) is 5.75 Å². The number of aliphatic imine (C=N–C) groups is 2. The number of nitrogens with zero attached hydrogens (tertiary/aromatic N) is 2. The highest BCUT2D eigenvalue weighted by molar-refractivity contribution is 5.89. The average molecular weight is 381 g/mol. The van der Waals surface area contributed by atoms with Crippen molar-refractivity contribution in [3.63, 3.8) is 0 Å². The van der Waals surface area contributed by atoms with Crippen molar-refractivity contribution in [1.29, 1.82) is 0 Å². The number of esters is 1. The highest BCUT2D eigenvalue weighted by atomic mass is 16.6. The van der Waals surface area contributed by atoms with E-state index in [4.69, 9.17) is 19.9 Å². The van der Waals surface area contributed by atoms with E-state index < -0.39 is 5.97 Å². The van der Waals surface area contributed by atoms with Crippen molar-refractivity contribution in [2.24, 2.45) is 15.7 Å². The van der Waals surface area contributed by atoms with Crippen LogP contribution in [0.25, 0.3) is 11.1 Å². The molecule has 0 spiro atoms. The summed E-state index contributed by atoms with van der Waals surface area (Å²) in [6, 6.07) is 17.4. The van der Waals surface area contributed by atoms with E-state index in [0.29, 0.717) is 11.3 Å².